The molecule has 142 valence electrons. The van der Waals surface area contributed by atoms with Gasteiger partial charge in [0.1, 0.15) is 42.5 Å². The number of benzene rings is 1. The number of aliphatic hydroxyl groups excluding tert-OH is 4. The number of hydrogen-bond donors (Lipinski definition) is 4. The van der Waals surface area contributed by atoms with Gasteiger partial charge in [0.05, 0.1) is 6.61 Å². The van der Waals surface area contributed by atoms with Crippen LogP contribution in [0.3, 0.4) is 0 Å². The molecule has 3 aliphatic heterocycles. The first-order valence-corrected chi connectivity index (χ1v) is 8.32. The summed E-state index contributed by atoms with van der Waals surface area (Å²) in [5.41, 5.74) is 0.871. The lowest BCUT2D eigenvalue weighted by atomic mass is 9.99. The molecule has 0 spiro atoms. The average Bonchev–Trinajstić information content (AvgIpc) is 2.61. The van der Waals surface area contributed by atoms with Gasteiger partial charge in [0.25, 0.3) is 0 Å². The van der Waals surface area contributed by atoms with E-state index in [0.29, 0.717) is 30.3 Å². The van der Waals surface area contributed by atoms with Gasteiger partial charge in [-0.1, -0.05) is 18.2 Å². The molecule has 26 heavy (non-hydrogen) atoms. The summed E-state index contributed by atoms with van der Waals surface area (Å²) in [7, 11) is 0. The number of fused-ring (bicyclic) bond motifs is 1. The molecule has 2 fully saturated rings. The Hall–Kier alpha value is -1.72. The molecule has 3 heterocycles. The maximum atomic E-state index is 10.2. The fraction of sp³-hybridized carbons (Fsp3) is 0.529. The fourth-order valence-electron chi connectivity index (χ4n) is 3.09. The fourth-order valence-corrected chi connectivity index (χ4v) is 3.09. The van der Waals surface area contributed by atoms with Gasteiger partial charge in [-0.05, 0) is 6.07 Å². The van der Waals surface area contributed by atoms with Crippen molar-refractivity contribution in [2.45, 2.75) is 43.2 Å². The minimum Gasteiger partial charge on any atom is -0.462 e. The maximum absolute atomic E-state index is 10.2. The van der Waals surface area contributed by atoms with Crippen LogP contribution < -0.4 is 4.74 Å². The smallest absolute Gasteiger partial charge is 0.228 e. The van der Waals surface area contributed by atoms with Crippen LogP contribution in [0, 0.1) is 0 Å². The first kappa shape index (κ1) is 17.7. The Morgan fingerprint density at radius 2 is 1.85 bits per heavy atom. The van der Waals surface area contributed by atoms with Gasteiger partial charge < -0.3 is 34.6 Å². The van der Waals surface area contributed by atoms with Gasteiger partial charge in [-0.3, -0.25) is 0 Å². The Kier molecular flexibility index (Phi) is 4.84. The molecule has 4 rings (SSSR count). The zero-order valence-corrected chi connectivity index (χ0v) is 13.7. The van der Waals surface area contributed by atoms with Gasteiger partial charge in [-0.25, -0.2) is 9.78 Å². The zero-order valence-electron chi connectivity index (χ0n) is 13.7. The van der Waals surface area contributed by atoms with E-state index < -0.39 is 43.4 Å². The van der Waals surface area contributed by atoms with Crippen molar-refractivity contribution in [1.82, 2.24) is 0 Å². The Bertz CT molecular complexity index is 685. The topological polar surface area (TPSA) is 127 Å². The van der Waals surface area contributed by atoms with Crippen molar-refractivity contribution >= 4 is 0 Å². The van der Waals surface area contributed by atoms with Gasteiger partial charge in [0.2, 0.25) is 6.29 Å². The molecule has 4 N–H and O–H groups in total. The maximum Gasteiger partial charge on any atom is 0.228 e. The lowest BCUT2D eigenvalue weighted by molar-refractivity contribution is -0.418. The molecular formula is C17H20O9. The normalized spacial score (nSPS) is 36.8. The van der Waals surface area contributed by atoms with Crippen LogP contribution in [0.5, 0.6) is 5.75 Å². The van der Waals surface area contributed by atoms with E-state index in [1.54, 1.807) is 0 Å². The third-order valence-corrected chi connectivity index (χ3v) is 4.62. The minimum absolute atomic E-state index is 0.291. The van der Waals surface area contributed by atoms with E-state index in [4.69, 9.17) is 24.0 Å². The molecule has 0 amide bonds. The van der Waals surface area contributed by atoms with Crippen molar-refractivity contribution in [3.63, 3.8) is 0 Å². The summed E-state index contributed by atoms with van der Waals surface area (Å²) in [5.74, 6) is 1.42. The molecule has 0 saturated carbocycles. The molecule has 0 aromatic heterocycles. The van der Waals surface area contributed by atoms with E-state index in [0.717, 1.165) is 5.56 Å². The number of hydrogen-bond acceptors (Lipinski definition) is 9. The monoisotopic (exact) mass is 368 g/mol. The van der Waals surface area contributed by atoms with Crippen molar-refractivity contribution in [1.29, 1.82) is 0 Å². The van der Waals surface area contributed by atoms with Crippen LogP contribution >= 0.6 is 0 Å². The number of ether oxygens (including phenoxy) is 3. The summed E-state index contributed by atoms with van der Waals surface area (Å²) in [5, 5.41) is 39.3. The van der Waals surface area contributed by atoms with Gasteiger partial charge in [0, 0.05) is 12.0 Å². The molecular weight excluding hydrogens is 348 g/mol. The molecule has 0 radical (unpaired) electrons. The van der Waals surface area contributed by atoms with Crippen LogP contribution in [-0.4, -0.2) is 70.4 Å². The summed E-state index contributed by atoms with van der Waals surface area (Å²) in [6.07, 6.45) is -6.90. The predicted molar refractivity (Wildman–Crippen MR) is 83.5 cm³/mol. The molecule has 1 aromatic carbocycles. The predicted octanol–water partition coefficient (Wildman–Crippen LogP) is -1.02. The molecule has 3 aliphatic rings. The summed E-state index contributed by atoms with van der Waals surface area (Å²) in [6, 6.07) is 7.40. The van der Waals surface area contributed by atoms with Crippen LogP contribution in [0.15, 0.2) is 35.8 Å². The van der Waals surface area contributed by atoms with Crippen LogP contribution in [0.1, 0.15) is 5.56 Å². The van der Waals surface area contributed by atoms with Crippen molar-refractivity contribution < 1.29 is 44.4 Å². The number of allylic oxidation sites excluding steroid dienone is 1. The minimum atomic E-state index is -1.52. The van der Waals surface area contributed by atoms with E-state index in [1.807, 2.05) is 24.3 Å². The SMILES string of the molecule is OC[C@H]1OC(OC2=C(C3COO3)Oc3ccccc3C2)[C@H](O)[C@@H](O)[C@H]1O. The van der Waals surface area contributed by atoms with Gasteiger partial charge in [0.15, 0.2) is 11.9 Å². The van der Waals surface area contributed by atoms with Crippen LogP contribution in [0.2, 0.25) is 0 Å². The van der Waals surface area contributed by atoms with Crippen molar-refractivity contribution in [2.24, 2.45) is 0 Å². The summed E-state index contributed by atoms with van der Waals surface area (Å²) < 4.78 is 17.1. The molecule has 9 nitrogen and oxygen atoms in total. The van der Waals surface area contributed by atoms with Crippen LogP contribution in [0.4, 0.5) is 0 Å². The highest BCUT2D eigenvalue weighted by Gasteiger charge is 2.46. The van der Waals surface area contributed by atoms with Crippen molar-refractivity contribution in [3.8, 4) is 5.75 Å². The lowest BCUT2D eigenvalue weighted by Gasteiger charge is -2.41. The third-order valence-electron chi connectivity index (χ3n) is 4.62. The summed E-state index contributed by atoms with van der Waals surface area (Å²) >= 11 is 0. The van der Waals surface area contributed by atoms with Crippen molar-refractivity contribution in [2.75, 3.05) is 13.2 Å². The van der Waals surface area contributed by atoms with E-state index in [-0.39, 0.29) is 0 Å². The second-order valence-corrected chi connectivity index (χ2v) is 6.36. The third kappa shape index (κ3) is 3.08. The van der Waals surface area contributed by atoms with Gasteiger partial charge in [-0.2, -0.15) is 0 Å². The molecule has 0 bridgehead atoms. The Morgan fingerprint density at radius 3 is 2.54 bits per heavy atom. The molecule has 2 saturated heterocycles. The van der Waals surface area contributed by atoms with Gasteiger partial charge in [-0.15, -0.1) is 0 Å². The Labute approximate surface area is 148 Å². The quantitative estimate of drug-likeness (QED) is 0.494. The highest BCUT2D eigenvalue weighted by molar-refractivity contribution is 5.41. The molecule has 0 aliphatic carbocycles. The zero-order chi connectivity index (χ0) is 18.3. The van der Waals surface area contributed by atoms with E-state index in [2.05, 4.69) is 0 Å². The molecule has 6 atom stereocenters. The second kappa shape index (κ2) is 7.12. The van der Waals surface area contributed by atoms with E-state index >= 15 is 0 Å². The Morgan fingerprint density at radius 1 is 1.08 bits per heavy atom. The van der Waals surface area contributed by atoms with Crippen molar-refractivity contribution in [3.05, 3.63) is 41.3 Å². The highest BCUT2D eigenvalue weighted by atomic mass is 17.2. The number of rotatable bonds is 4. The Balaban J connectivity index is 1.59. The first-order chi connectivity index (χ1) is 12.6. The van der Waals surface area contributed by atoms with Crippen LogP contribution in [0.25, 0.3) is 0 Å². The molecule has 9 heteroatoms. The number of aliphatic hydroxyl groups is 4. The standard InChI is InChI=1S/C17H20O9/c18-6-11-13(19)14(20)15(21)17(25-11)24-10-5-8-3-1-2-4-9(8)23-16(10)12-7-22-26-12/h1-4,11-15,17-21H,5-7H2/t11-,12?,13+,14+,15-,17?/m1/s1. The summed E-state index contributed by atoms with van der Waals surface area (Å²) in [6.45, 7) is -0.241. The average molecular weight is 368 g/mol. The lowest BCUT2D eigenvalue weighted by Crippen LogP contribution is -2.59. The molecule has 2 unspecified atom stereocenters. The molecule has 1 aromatic rings. The second-order valence-electron chi connectivity index (χ2n) is 6.36. The first-order valence-electron chi connectivity index (χ1n) is 8.32. The van der Waals surface area contributed by atoms with Gasteiger partial charge >= 0.3 is 0 Å². The highest BCUT2D eigenvalue weighted by Crippen LogP contribution is 2.36. The number of para-hydroxylation sites is 1. The largest absolute Gasteiger partial charge is 0.462 e. The summed E-state index contributed by atoms with van der Waals surface area (Å²) in [4.78, 5) is 9.76. The van der Waals surface area contributed by atoms with E-state index in [1.165, 1.54) is 0 Å². The van der Waals surface area contributed by atoms with E-state index in [9.17, 15) is 20.4 Å². The van der Waals surface area contributed by atoms with Crippen LogP contribution in [-0.2, 0) is 25.7 Å².